The van der Waals surface area contributed by atoms with Gasteiger partial charge in [0.15, 0.2) is 0 Å². The van der Waals surface area contributed by atoms with Crippen LogP contribution in [0.5, 0.6) is 0 Å². The van der Waals surface area contributed by atoms with Crippen molar-refractivity contribution in [3.05, 3.63) is 48.1 Å². The minimum atomic E-state index is 0. The van der Waals surface area contributed by atoms with Crippen molar-refractivity contribution in [2.75, 3.05) is 0 Å². The van der Waals surface area contributed by atoms with E-state index in [-0.39, 0.29) is 50.7 Å². The zero-order chi connectivity index (χ0) is 12.2. The van der Waals surface area contributed by atoms with Crippen molar-refractivity contribution in [2.45, 2.75) is 39.8 Å². The van der Waals surface area contributed by atoms with Crippen molar-refractivity contribution in [1.82, 2.24) is 0 Å². The SMILES string of the molecule is CC(C)C1=[C-]CC=C1.C[SiH]C.Cl.Cl.[C-]1=CC=CC1.[Hf]. The van der Waals surface area contributed by atoms with E-state index in [0.717, 1.165) is 22.4 Å². The Bertz CT molecular complexity index is 272. The fourth-order valence-corrected chi connectivity index (χ4v) is 1.16. The molecule has 0 N–H and O–H groups in total. The monoisotopic (exact) mass is 483 g/mol. The third-order valence-electron chi connectivity index (χ3n) is 1.93. The van der Waals surface area contributed by atoms with Gasteiger partial charge in [0, 0.05) is 35.4 Å². The van der Waals surface area contributed by atoms with Crippen LogP contribution in [0.2, 0.25) is 13.1 Å². The minimum Gasteiger partial charge on any atom is -0.273 e. The first-order chi connectivity index (χ1) is 7.72. The quantitative estimate of drug-likeness (QED) is 0.364. The first-order valence-electron chi connectivity index (χ1n) is 5.95. The largest absolute Gasteiger partial charge is 0.273 e. The van der Waals surface area contributed by atoms with Crippen LogP contribution in [0.15, 0.2) is 36.0 Å². The van der Waals surface area contributed by atoms with Crippen molar-refractivity contribution in [2.24, 2.45) is 5.92 Å². The van der Waals surface area contributed by atoms with Crippen LogP contribution in [0.3, 0.4) is 0 Å². The van der Waals surface area contributed by atoms with Crippen LogP contribution >= 0.6 is 24.8 Å². The average molecular weight is 483 g/mol. The zero-order valence-electron chi connectivity index (χ0n) is 12.3. The fourth-order valence-electron chi connectivity index (χ4n) is 1.16. The molecule has 0 amide bonds. The van der Waals surface area contributed by atoms with Crippen molar-refractivity contribution in [3.63, 3.8) is 0 Å². The normalized spacial score (nSPS) is 13.0. The van der Waals surface area contributed by atoms with Crippen molar-refractivity contribution < 1.29 is 25.8 Å². The Morgan fingerprint density at radius 3 is 1.84 bits per heavy atom. The van der Waals surface area contributed by atoms with Gasteiger partial charge in [0.25, 0.3) is 0 Å². The van der Waals surface area contributed by atoms with Gasteiger partial charge in [-0.3, -0.25) is 12.2 Å². The summed E-state index contributed by atoms with van der Waals surface area (Å²) in [6.45, 7) is 8.80. The van der Waals surface area contributed by atoms with Crippen LogP contribution in [-0.2, 0) is 25.8 Å². The topological polar surface area (TPSA) is 0 Å². The summed E-state index contributed by atoms with van der Waals surface area (Å²) < 4.78 is 0. The maximum absolute atomic E-state index is 3.26. The second kappa shape index (κ2) is 20.9. The van der Waals surface area contributed by atoms with Gasteiger partial charge in [-0.15, -0.1) is 37.7 Å². The van der Waals surface area contributed by atoms with Gasteiger partial charge in [-0.2, -0.15) is 12.2 Å². The number of rotatable bonds is 1. The van der Waals surface area contributed by atoms with Crippen molar-refractivity contribution in [3.8, 4) is 0 Å². The van der Waals surface area contributed by atoms with Crippen molar-refractivity contribution in [1.29, 1.82) is 0 Å². The Hall–Kier alpha value is 0.627. The van der Waals surface area contributed by atoms with Gasteiger partial charge < -0.3 is 0 Å². The summed E-state index contributed by atoms with van der Waals surface area (Å²) in [6, 6.07) is 0. The van der Waals surface area contributed by atoms with Gasteiger partial charge in [-0.05, 0) is 0 Å². The molecule has 0 fully saturated rings. The number of allylic oxidation sites excluding steroid dienone is 8. The Morgan fingerprint density at radius 1 is 1.11 bits per heavy atom. The first kappa shape index (κ1) is 27.9. The summed E-state index contributed by atoms with van der Waals surface area (Å²) in [5.41, 5.74) is 1.37. The fraction of sp³-hybridized carbons (Fsp3) is 0.467. The summed E-state index contributed by atoms with van der Waals surface area (Å²) in [5.74, 6) is 0.661. The van der Waals surface area contributed by atoms with Crippen LogP contribution in [0.25, 0.3) is 0 Å². The van der Waals surface area contributed by atoms with E-state index in [4.69, 9.17) is 0 Å². The third-order valence-corrected chi connectivity index (χ3v) is 1.93. The van der Waals surface area contributed by atoms with E-state index in [0.29, 0.717) is 5.92 Å². The predicted molar refractivity (Wildman–Crippen MR) is 90.3 cm³/mol. The molecule has 0 unspecified atom stereocenters. The molecule has 109 valence electrons. The van der Waals surface area contributed by atoms with Gasteiger partial charge in [-0.25, -0.2) is 23.8 Å². The van der Waals surface area contributed by atoms with E-state index in [1.165, 1.54) is 5.57 Å². The van der Waals surface area contributed by atoms with E-state index >= 15 is 0 Å². The van der Waals surface area contributed by atoms with E-state index < -0.39 is 0 Å². The summed E-state index contributed by atoms with van der Waals surface area (Å²) in [6.07, 6.45) is 18.6. The van der Waals surface area contributed by atoms with E-state index in [1.54, 1.807) is 0 Å². The molecule has 0 aliphatic heterocycles. The summed E-state index contributed by atoms with van der Waals surface area (Å²) in [7, 11) is 0.750. The molecule has 0 bridgehead atoms. The summed E-state index contributed by atoms with van der Waals surface area (Å²) in [4.78, 5) is 0. The van der Waals surface area contributed by atoms with Gasteiger partial charge in [-0.1, -0.05) is 32.9 Å². The summed E-state index contributed by atoms with van der Waals surface area (Å²) >= 11 is 0. The molecular weight excluding hydrogens is 458 g/mol. The minimum absolute atomic E-state index is 0. The van der Waals surface area contributed by atoms with Crippen LogP contribution in [-0.4, -0.2) is 9.52 Å². The molecule has 0 heterocycles. The third kappa shape index (κ3) is 18.6. The molecule has 0 saturated heterocycles. The molecule has 0 aromatic heterocycles. The molecule has 2 aliphatic carbocycles. The van der Waals surface area contributed by atoms with Gasteiger partial charge in [0.05, 0.1) is 0 Å². The molecule has 0 nitrogen and oxygen atoms in total. The number of halogens is 2. The second-order valence-corrected chi connectivity index (χ2v) is 5.13. The van der Waals surface area contributed by atoms with Crippen molar-refractivity contribution >= 4 is 34.3 Å². The Balaban J connectivity index is -0.0000000907. The molecule has 0 spiro atoms. The van der Waals surface area contributed by atoms with Crippen LogP contribution in [0.1, 0.15) is 26.7 Å². The maximum Gasteiger partial charge on any atom is 0.0213 e. The molecule has 0 aromatic rings. The number of hydrogen-bond acceptors (Lipinski definition) is 0. The molecule has 0 saturated carbocycles. The standard InChI is InChI=1S/C8H11.C5H5.C2H7Si.2ClH.Hf/c1-7(2)8-5-3-4-6-8;1-2-4-5-3-1;1-3-2;;;/h3,5,7H,4H2,1-2H3;1-3H,4H2;3H,1-2H3;2*1H;/q2*-1;;;;. The molecular formula is C15H25Cl2HfSi-2. The molecule has 1 radical (unpaired) electrons. The van der Waals surface area contributed by atoms with Crippen LogP contribution < -0.4 is 0 Å². The Labute approximate surface area is 153 Å². The van der Waals surface area contributed by atoms with E-state index in [1.807, 2.05) is 12.2 Å². The first-order valence-corrected chi connectivity index (χ1v) is 8.26. The van der Waals surface area contributed by atoms with Crippen LogP contribution in [0, 0.1) is 18.1 Å². The van der Waals surface area contributed by atoms with Crippen LogP contribution in [0.4, 0.5) is 0 Å². The molecule has 19 heavy (non-hydrogen) atoms. The molecule has 0 aromatic carbocycles. The Kier molecular flexibility index (Phi) is 30.7. The number of hydrogen-bond donors (Lipinski definition) is 0. The molecule has 4 heteroatoms. The summed E-state index contributed by atoms with van der Waals surface area (Å²) in [5, 5.41) is 0. The smallest absolute Gasteiger partial charge is 0.0213 e. The Morgan fingerprint density at radius 2 is 1.68 bits per heavy atom. The van der Waals surface area contributed by atoms with E-state index in [9.17, 15) is 0 Å². The van der Waals surface area contributed by atoms with Gasteiger partial charge >= 0.3 is 0 Å². The van der Waals surface area contributed by atoms with Gasteiger partial charge in [0.2, 0.25) is 0 Å². The molecule has 0 atom stereocenters. The zero-order valence-corrected chi connectivity index (χ0v) is 18.7. The van der Waals surface area contributed by atoms with Gasteiger partial charge in [0.1, 0.15) is 0 Å². The van der Waals surface area contributed by atoms with E-state index in [2.05, 4.69) is 57.3 Å². The predicted octanol–water partition coefficient (Wildman–Crippen LogP) is 5.00. The molecule has 2 rings (SSSR count). The maximum atomic E-state index is 3.26. The second-order valence-electron chi connectivity index (χ2n) is 3.97. The average Bonchev–Trinajstić information content (AvgIpc) is 2.96. The molecule has 2 aliphatic rings.